The van der Waals surface area contributed by atoms with Gasteiger partial charge in [0.05, 0.1) is 31.2 Å². The van der Waals surface area contributed by atoms with Gasteiger partial charge in [-0.25, -0.2) is 8.78 Å². The maximum Gasteiger partial charge on any atom is 0.422 e. The van der Waals surface area contributed by atoms with Gasteiger partial charge >= 0.3 is 12.4 Å². The number of ether oxygens (including phenoxy) is 1. The minimum Gasteiger partial charge on any atom is -0.380 e. The molecule has 1 spiro atoms. The molecule has 0 radical (unpaired) electrons. The molecule has 33 heteroatoms. The standard InChI is InChI=1S/C72H98F8N12O13/c1-13-41(3)59-67(102)86(7)40-57(95)88(9)51-23-16-15-19-32-91(66(51)101)54(35-42-24-27-45(28-25-42)71(75,76)77)65(100)85(6)39-55(93)81-49(29-26-43-33-47(73)58(48(74)34-43)72(78,79)80)63(98)92-38-46(105-12)36-52(92)62(97)83-70(30-20-31-70)69(104)90(11)60(44-21-17-18-22-44)68(103)89(10)53(64(99)84(4)5)37-56(94)87(8)50(14-2)61(96)82-59/h15-16,24-25,27-28,33-34,41,44,46,49-54,59-60H,13-14,17-23,26,29-32,35-40H2,1-12H3,(H,81,93)(H,82,96)(H,83,97)/b16-15-/t41-,46-,49-,50-,51-,52-,53-,54-,59-,60-/m0/s1. The number of rotatable bonds is 11. The number of carbonyl (C=O) groups excluding carboxylic acids is 12. The zero-order valence-electron chi connectivity index (χ0n) is 61.5. The summed E-state index contributed by atoms with van der Waals surface area (Å²) in [6.07, 6.45) is -7.53. The average molecular weight is 1490 g/mol. The van der Waals surface area contributed by atoms with E-state index in [1.807, 2.05) is 0 Å². The van der Waals surface area contributed by atoms with Crippen LogP contribution in [0.15, 0.2) is 48.6 Å². The third-order valence-electron chi connectivity index (χ3n) is 21.3. The van der Waals surface area contributed by atoms with E-state index in [0.717, 1.165) is 65.6 Å². The molecule has 3 N–H and O–H groups in total. The molecule has 105 heavy (non-hydrogen) atoms. The molecule has 2 aromatic carbocycles. The molecule has 580 valence electrons. The lowest BCUT2D eigenvalue weighted by atomic mass is 9.74. The maximum absolute atomic E-state index is 15.4. The Kier molecular flexibility index (Phi) is 27.9. The highest BCUT2D eigenvalue weighted by Gasteiger charge is 2.54. The van der Waals surface area contributed by atoms with Gasteiger partial charge in [-0.1, -0.05) is 64.3 Å². The fourth-order valence-electron chi connectivity index (χ4n) is 14.6. The van der Waals surface area contributed by atoms with E-state index in [-0.39, 0.29) is 57.2 Å². The van der Waals surface area contributed by atoms with Crippen molar-refractivity contribution in [1.29, 1.82) is 0 Å². The number of alkyl halides is 6. The summed E-state index contributed by atoms with van der Waals surface area (Å²) >= 11 is 0. The number of nitrogens with one attached hydrogen (secondary N) is 3. The van der Waals surface area contributed by atoms with Crippen molar-refractivity contribution in [3.8, 4) is 0 Å². The molecule has 3 aliphatic heterocycles. The van der Waals surface area contributed by atoms with E-state index < -0.39 is 222 Å². The molecule has 0 aromatic heterocycles. The van der Waals surface area contributed by atoms with E-state index in [4.69, 9.17) is 4.74 Å². The number of methoxy groups -OCH3 is 1. The van der Waals surface area contributed by atoms with Crippen molar-refractivity contribution in [2.24, 2.45) is 11.8 Å². The Hall–Kier alpha value is -8.78. The summed E-state index contributed by atoms with van der Waals surface area (Å²) in [7, 11) is 11.9. The molecule has 5 aliphatic rings. The van der Waals surface area contributed by atoms with E-state index in [0.29, 0.717) is 50.7 Å². The number of aryl methyl sites for hydroxylation is 1. The molecule has 2 saturated carbocycles. The number of hydrogen-bond acceptors (Lipinski definition) is 13. The zero-order chi connectivity index (χ0) is 78.1. The first-order valence-electron chi connectivity index (χ1n) is 35.4. The van der Waals surface area contributed by atoms with Gasteiger partial charge in [-0.05, 0) is 111 Å². The van der Waals surface area contributed by atoms with Crippen LogP contribution >= 0.6 is 0 Å². The van der Waals surface area contributed by atoms with Crippen LogP contribution in [-0.4, -0.2) is 265 Å². The van der Waals surface area contributed by atoms with E-state index in [9.17, 15) is 55.1 Å². The lowest BCUT2D eigenvalue weighted by molar-refractivity contribution is -0.157. The van der Waals surface area contributed by atoms with Crippen LogP contribution in [0.1, 0.15) is 133 Å². The van der Waals surface area contributed by atoms with Gasteiger partial charge in [-0.3, -0.25) is 57.5 Å². The van der Waals surface area contributed by atoms with Crippen molar-refractivity contribution in [3.05, 3.63) is 82.4 Å². The number of fused-ring (bicyclic) bond motifs is 3. The summed E-state index contributed by atoms with van der Waals surface area (Å²) in [4.78, 5) is 189. The van der Waals surface area contributed by atoms with E-state index >= 15 is 37.5 Å². The number of carbonyl (C=O) groups is 12. The Balaban J connectivity index is 1.33. The zero-order valence-corrected chi connectivity index (χ0v) is 61.5. The van der Waals surface area contributed by atoms with Crippen LogP contribution in [-0.2, 0) is 87.5 Å². The smallest absolute Gasteiger partial charge is 0.380 e. The van der Waals surface area contributed by atoms with Crippen LogP contribution in [0.2, 0.25) is 0 Å². The molecule has 4 fully saturated rings. The first kappa shape index (κ1) is 83.5. The van der Waals surface area contributed by atoms with E-state index in [1.54, 1.807) is 32.9 Å². The molecule has 2 aromatic rings. The van der Waals surface area contributed by atoms with Gasteiger partial charge in [0, 0.05) is 89.4 Å². The average Bonchev–Trinajstić information content (AvgIpc) is 1.67. The summed E-state index contributed by atoms with van der Waals surface area (Å²) in [5, 5.41) is 8.16. The number of amides is 12. The fourth-order valence-corrected chi connectivity index (χ4v) is 14.6. The summed E-state index contributed by atoms with van der Waals surface area (Å²) in [6, 6.07) is -7.31. The number of likely N-dealkylation sites (N-methyl/N-ethyl adjacent to an activating group) is 7. The van der Waals surface area contributed by atoms with Crippen LogP contribution in [0.25, 0.3) is 0 Å². The predicted octanol–water partition coefficient (Wildman–Crippen LogP) is 4.71. The van der Waals surface area contributed by atoms with Gasteiger partial charge in [-0.2, -0.15) is 26.3 Å². The molecule has 2 aliphatic carbocycles. The normalized spacial score (nSPS) is 26.4. The first-order chi connectivity index (χ1) is 49.2. The second kappa shape index (κ2) is 35.1. The lowest BCUT2D eigenvalue weighted by Gasteiger charge is -2.46. The van der Waals surface area contributed by atoms with Crippen LogP contribution in [0.4, 0.5) is 35.1 Å². The minimum atomic E-state index is -5.46. The molecular formula is C72H98F8N12O13. The second-order valence-corrected chi connectivity index (χ2v) is 28.6. The SMILES string of the molecule is CC[C@H](C)[C@@H]1NC(=O)[C@H](CC)N(C)C(=O)C[C@@H](C(=O)N(C)C)N(C)C(=O)[C@H](C2CCCC2)N(C)C(=O)C2(CCC2)NC(=O)[C@@H]2C[C@H](OC)CN2C(=O)[C@H](CCc2cc(F)c(C(F)(F)F)c(F)c2)NC(=O)CN(C)C(=O)[C@H](Cc2ccc(C(F)(F)F)cc2)N2CC/C=C\C[C@@H](C2=O)N(C)C(=O)CN(C)C1=O. The predicted molar refractivity (Wildman–Crippen MR) is 365 cm³/mol. The maximum atomic E-state index is 15.4. The Bertz CT molecular complexity index is 3570. The Morgan fingerprint density at radius 3 is 1.85 bits per heavy atom. The van der Waals surface area contributed by atoms with Crippen LogP contribution in [0.5, 0.6) is 0 Å². The Labute approximate surface area is 606 Å². The first-order valence-corrected chi connectivity index (χ1v) is 35.4. The molecule has 12 amide bonds. The number of halogens is 8. The molecule has 3 heterocycles. The van der Waals surface area contributed by atoms with Crippen molar-refractivity contribution in [1.82, 2.24) is 60.0 Å². The molecule has 7 rings (SSSR count). The molecule has 10 atom stereocenters. The number of benzene rings is 2. The van der Waals surface area contributed by atoms with Gasteiger partial charge in [0.1, 0.15) is 71.1 Å². The summed E-state index contributed by atoms with van der Waals surface area (Å²) in [5.41, 5.74) is -5.25. The van der Waals surface area contributed by atoms with Gasteiger partial charge in [0.25, 0.3) is 0 Å². The summed E-state index contributed by atoms with van der Waals surface area (Å²) in [6.45, 7) is 2.80. The molecule has 0 unspecified atom stereocenters. The van der Waals surface area contributed by atoms with Gasteiger partial charge in [0.15, 0.2) is 0 Å². The van der Waals surface area contributed by atoms with Gasteiger partial charge in [0.2, 0.25) is 70.9 Å². The van der Waals surface area contributed by atoms with Crippen molar-refractivity contribution in [3.63, 3.8) is 0 Å². The van der Waals surface area contributed by atoms with Crippen molar-refractivity contribution in [2.75, 3.05) is 89.7 Å². The number of nitrogens with zero attached hydrogens (tertiary/aromatic N) is 9. The monoisotopic (exact) mass is 1490 g/mol. The van der Waals surface area contributed by atoms with Crippen LogP contribution in [0.3, 0.4) is 0 Å². The Morgan fingerprint density at radius 1 is 0.676 bits per heavy atom. The Morgan fingerprint density at radius 2 is 1.30 bits per heavy atom. The highest BCUT2D eigenvalue weighted by molar-refractivity contribution is 6.01. The topological polar surface area (TPSA) is 279 Å². The van der Waals surface area contributed by atoms with E-state index in [1.165, 1.54) is 66.2 Å². The molecular weight excluding hydrogens is 1390 g/mol. The van der Waals surface area contributed by atoms with Crippen molar-refractivity contribution < 1.29 is 97.4 Å². The van der Waals surface area contributed by atoms with Gasteiger partial charge < -0.3 is 64.8 Å². The number of hydrogen-bond donors (Lipinski definition) is 3. The highest BCUT2D eigenvalue weighted by Crippen LogP contribution is 2.40. The van der Waals surface area contributed by atoms with Crippen LogP contribution < -0.4 is 16.0 Å². The summed E-state index contributed by atoms with van der Waals surface area (Å²) in [5.74, 6) is -15.2. The minimum absolute atomic E-state index is 0.0162. The summed E-state index contributed by atoms with van der Waals surface area (Å²) < 4.78 is 119. The third-order valence-corrected chi connectivity index (χ3v) is 21.3. The molecule has 2 bridgehead atoms. The largest absolute Gasteiger partial charge is 0.422 e. The van der Waals surface area contributed by atoms with Gasteiger partial charge in [-0.15, -0.1) is 0 Å². The fraction of sp³-hybridized carbons (Fsp3) is 0.639. The third kappa shape index (κ3) is 19.5. The highest BCUT2D eigenvalue weighted by atomic mass is 19.4. The van der Waals surface area contributed by atoms with Crippen molar-refractivity contribution >= 4 is 70.9 Å². The molecule has 25 nitrogen and oxygen atoms in total. The second-order valence-electron chi connectivity index (χ2n) is 28.6. The van der Waals surface area contributed by atoms with Crippen molar-refractivity contribution in [2.45, 2.75) is 196 Å². The lowest BCUT2D eigenvalue weighted by Crippen LogP contribution is -2.68. The molecule has 2 saturated heterocycles. The quantitative estimate of drug-likeness (QED) is 0.203. The van der Waals surface area contributed by atoms with Crippen LogP contribution in [0, 0.1) is 23.5 Å². The van der Waals surface area contributed by atoms with E-state index in [2.05, 4.69) is 16.0 Å².